The lowest BCUT2D eigenvalue weighted by Gasteiger charge is -2.44. The molecule has 1 aromatic carbocycles. The minimum Gasteiger partial charge on any atom is -0.366 e. The minimum atomic E-state index is 0.595. The quantitative estimate of drug-likeness (QED) is 0.882. The zero-order valence-corrected chi connectivity index (χ0v) is 12.9. The van der Waals surface area contributed by atoms with Crippen LogP contribution in [0.4, 0.5) is 5.69 Å². The summed E-state index contributed by atoms with van der Waals surface area (Å²) in [5.41, 5.74) is 2.74. The van der Waals surface area contributed by atoms with E-state index in [0.717, 1.165) is 12.5 Å². The normalized spacial score (nSPS) is 28.6. The van der Waals surface area contributed by atoms with Gasteiger partial charge in [-0.05, 0) is 44.7 Å². The molecule has 1 saturated heterocycles. The van der Waals surface area contributed by atoms with Crippen molar-refractivity contribution in [1.29, 1.82) is 0 Å². The topological polar surface area (TPSA) is 15.3 Å². The van der Waals surface area contributed by atoms with E-state index in [2.05, 4.69) is 48.3 Å². The summed E-state index contributed by atoms with van der Waals surface area (Å²) in [7, 11) is 0. The van der Waals surface area contributed by atoms with Crippen LogP contribution >= 0.6 is 0 Å². The predicted molar refractivity (Wildman–Crippen MR) is 86.4 cm³/mol. The number of nitrogens with one attached hydrogen (secondary N) is 1. The molecule has 0 aromatic heterocycles. The van der Waals surface area contributed by atoms with Crippen LogP contribution in [0.25, 0.3) is 0 Å². The maximum atomic E-state index is 3.81. The van der Waals surface area contributed by atoms with Crippen molar-refractivity contribution in [3.05, 3.63) is 29.8 Å². The number of piperazine rings is 1. The van der Waals surface area contributed by atoms with Gasteiger partial charge in [0.1, 0.15) is 0 Å². The second-order valence-electron chi connectivity index (χ2n) is 6.75. The third-order valence-corrected chi connectivity index (χ3v) is 5.19. The van der Waals surface area contributed by atoms with Gasteiger partial charge >= 0.3 is 0 Å². The Labute approximate surface area is 123 Å². The summed E-state index contributed by atoms with van der Waals surface area (Å²) in [6.45, 7) is 6.80. The molecule has 2 nitrogen and oxygen atoms in total. The van der Waals surface area contributed by atoms with Crippen LogP contribution in [-0.2, 0) is 0 Å². The SMILES string of the molecule is Cc1ccc(N2CC(C3CCCCC3)NCC2C)cc1. The summed E-state index contributed by atoms with van der Waals surface area (Å²) in [6.07, 6.45) is 7.16. The largest absolute Gasteiger partial charge is 0.366 e. The maximum Gasteiger partial charge on any atom is 0.0387 e. The van der Waals surface area contributed by atoms with Crippen LogP contribution in [0.2, 0.25) is 0 Å². The van der Waals surface area contributed by atoms with Gasteiger partial charge in [-0.2, -0.15) is 0 Å². The average Bonchev–Trinajstić information content (AvgIpc) is 2.50. The molecule has 1 N–H and O–H groups in total. The van der Waals surface area contributed by atoms with Crippen molar-refractivity contribution < 1.29 is 0 Å². The standard InChI is InChI=1S/C18H28N2/c1-14-8-10-17(11-9-14)20-13-18(19-12-15(20)2)16-6-4-3-5-7-16/h8-11,15-16,18-19H,3-7,12-13H2,1-2H3. The number of aryl methyl sites for hydroxylation is 1. The zero-order chi connectivity index (χ0) is 13.9. The number of rotatable bonds is 2. The van der Waals surface area contributed by atoms with Crippen LogP contribution in [0.1, 0.15) is 44.6 Å². The van der Waals surface area contributed by atoms with Gasteiger partial charge in [0.15, 0.2) is 0 Å². The first-order valence-electron chi connectivity index (χ1n) is 8.31. The van der Waals surface area contributed by atoms with Crippen LogP contribution in [0, 0.1) is 12.8 Å². The molecular formula is C18H28N2. The summed E-state index contributed by atoms with van der Waals surface area (Å²) in [6, 6.07) is 10.3. The van der Waals surface area contributed by atoms with Crippen LogP contribution in [-0.4, -0.2) is 25.2 Å². The Balaban J connectivity index is 1.71. The molecule has 0 radical (unpaired) electrons. The molecule has 2 atom stereocenters. The molecule has 1 aromatic rings. The number of benzene rings is 1. The Bertz CT molecular complexity index is 420. The lowest BCUT2D eigenvalue weighted by molar-refractivity contribution is 0.245. The molecule has 20 heavy (non-hydrogen) atoms. The van der Waals surface area contributed by atoms with Crippen molar-refractivity contribution in [2.75, 3.05) is 18.0 Å². The molecule has 1 aliphatic heterocycles. The molecule has 1 heterocycles. The van der Waals surface area contributed by atoms with E-state index in [1.165, 1.54) is 49.9 Å². The fourth-order valence-electron chi connectivity index (χ4n) is 3.84. The van der Waals surface area contributed by atoms with Crippen LogP contribution in [0.3, 0.4) is 0 Å². The minimum absolute atomic E-state index is 0.595. The zero-order valence-electron chi connectivity index (χ0n) is 12.9. The van der Waals surface area contributed by atoms with Crippen molar-refractivity contribution in [2.45, 2.75) is 58.0 Å². The molecule has 1 saturated carbocycles. The van der Waals surface area contributed by atoms with Gasteiger partial charge in [-0.3, -0.25) is 0 Å². The monoisotopic (exact) mass is 272 g/mol. The molecule has 1 aliphatic carbocycles. The molecule has 0 bridgehead atoms. The van der Waals surface area contributed by atoms with E-state index in [1.54, 1.807) is 0 Å². The summed E-state index contributed by atoms with van der Waals surface area (Å²) in [4.78, 5) is 2.61. The van der Waals surface area contributed by atoms with Crippen LogP contribution in [0.15, 0.2) is 24.3 Å². The van der Waals surface area contributed by atoms with Gasteiger partial charge in [0.2, 0.25) is 0 Å². The lowest BCUT2D eigenvalue weighted by Crippen LogP contribution is -2.58. The van der Waals surface area contributed by atoms with Crippen LogP contribution in [0.5, 0.6) is 0 Å². The first-order valence-corrected chi connectivity index (χ1v) is 8.31. The van der Waals surface area contributed by atoms with E-state index in [4.69, 9.17) is 0 Å². The first kappa shape index (κ1) is 13.9. The van der Waals surface area contributed by atoms with Gasteiger partial charge in [-0.15, -0.1) is 0 Å². The van der Waals surface area contributed by atoms with Gasteiger partial charge in [-0.1, -0.05) is 37.0 Å². The highest BCUT2D eigenvalue weighted by Gasteiger charge is 2.31. The van der Waals surface area contributed by atoms with E-state index in [1.807, 2.05) is 0 Å². The molecule has 3 rings (SSSR count). The molecule has 110 valence electrons. The summed E-state index contributed by atoms with van der Waals surface area (Å²) in [5, 5.41) is 3.81. The Hall–Kier alpha value is -1.02. The summed E-state index contributed by atoms with van der Waals surface area (Å²) < 4.78 is 0. The molecular weight excluding hydrogens is 244 g/mol. The van der Waals surface area contributed by atoms with Gasteiger partial charge in [0.25, 0.3) is 0 Å². The molecule has 2 unspecified atom stereocenters. The Morgan fingerprint density at radius 1 is 1.05 bits per heavy atom. The van der Waals surface area contributed by atoms with Crippen molar-refractivity contribution in [3.63, 3.8) is 0 Å². The van der Waals surface area contributed by atoms with E-state index < -0.39 is 0 Å². The van der Waals surface area contributed by atoms with Gasteiger partial charge in [0, 0.05) is 30.9 Å². The van der Waals surface area contributed by atoms with Crippen molar-refractivity contribution in [3.8, 4) is 0 Å². The summed E-state index contributed by atoms with van der Waals surface area (Å²) in [5.74, 6) is 0.893. The highest BCUT2D eigenvalue weighted by molar-refractivity contribution is 5.49. The van der Waals surface area contributed by atoms with E-state index in [0.29, 0.717) is 12.1 Å². The van der Waals surface area contributed by atoms with Gasteiger partial charge in [-0.25, -0.2) is 0 Å². The lowest BCUT2D eigenvalue weighted by atomic mass is 9.82. The molecule has 2 fully saturated rings. The second-order valence-corrected chi connectivity index (χ2v) is 6.75. The number of hydrogen-bond donors (Lipinski definition) is 1. The molecule has 0 spiro atoms. The van der Waals surface area contributed by atoms with Crippen molar-refractivity contribution >= 4 is 5.69 Å². The third kappa shape index (κ3) is 3.01. The number of anilines is 1. The Morgan fingerprint density at radius 2 is 1.75 bits per heavy atom. The van der Waals surface area contributed by atoms with Gasteiger partial charge < -0.3 is 10.2 Å². The second kappa shape index (κ2) is 6.17. The fraction of sp³-hybridized carbons (Fsp3) is 0.667. The smallest absolute Gasteiger partial charge is 0.0387 e. The van der Waals surface area contributed by atoms with Gasteiger partial charge in [0.05, 0.1) is 0 Å². The average molecular weight is 272 g/mol. The molecule has 2 aliphatic rings. The molecule has 2 heteroatoms. The Morgan fingerprint density at radius 3 is 2.45 bits per heavy atom. The Kier molecular flexibility index (Phi) is 4.30. The fourth-order valence-corrected chi connectivity index (χ4v) is 3.84. The van der Waals surface area contributed by atoms with E-state index in [9.17, 15) is 0 Å². The third-order valence-electron chi connectivity index (χ3n) is 5.19. The summed E-state index contributed by atoms with van der Waals surface area (Å²) >= 11 is 0. The first-order chi connectivity index (χ1) is 9.74. The number of nitrogens with zero attached hydrogens (tertiary/aromatic N) is 1. The highest BCUT2D eigenvalue weighted by atomic mass is 15.2. The maximum absolute atomic E-state index is 3.81. The number of hydrogen-bond acceptors (Lipinski definition) is 2. The van der Waals surface area contributed by atoms with E-state index >= 15 is 0 Å². The predicted octanol–water partition coefficient (Wildman–Crippen LogP) is 3.74. The van der Waals surface area contributed by atoms with Crippen molar-refractivity contribution in [2.24, 2.45) is 5.92 Å². The molecule has 0 amide bonds. The highest BCUT2D eigenvalue weighted by Crippen LogP contribution is 2.30. The van der Waals surface area contributed by atoms with Crippen LogP contribution < -0.4 is 10.2 Å². The van der Waals surface area contributed by atoms with E-state index in [-0.39, 0.29) is 0 Å². The van der Waals surface area contributed by atoms with Crippen molar-refractivity contribution in [1.82, 2.24) is 5.32 Å².